The minimum Gasteiger partial charge on any atom is -0.468 e. The summed E-state index contributed by atoms with van der Waals surface area (Å²) in [6.07, 6.45) is 15.5. The Kier molecular flexibility index (Phi) is 17.6. The second kappa shape index (κ2) is 21.1. The van der Waals surface area contributed by atoms with Gasteiger partial charge in [0.25, 0.3) is 0 Å². The van der Waals surface area contributed by atoms with Crippen LogP contribution in [0.1, 0.15) is 117 Å². The minimum atomic E-state index is -0.661. The van der Waals surface area contributed by atoms with Gasteiger partial charge in [-0.3, -0.25) is 14.4 Å². The lowest BCUT2D eigenvalue weighted by molar-refractivity contribution is -0.193. The van der Waals surface area contributed by atoms with Gasteiger partial charge in [0.1, 0.15) is 12.3 Å². The first-order valence-corrected chi connectivity index (χ1v) is 17.5. The fourth-order valence-electron chi connectivity index (χ4n) is 6.62. The van der Waals surface area contributed by atoms with Crippen LogP contribution in [-0.4, -0.2) is 80.5 Å². The lowest BCUT2D eigenvalue weighted by Crippen LogP contribution is -2.32. The van der Waals surface area contributed by atoms with Crippen LogP contribution in [-0.2, 0) is 38.1 Å². The predicted octanol–water partition coefficient (Wildman–Crippen LogP) is 5.39. The molecule has 2 aliphatic heterocycles. The molecule has 1 amide bonds. The summed E-state index contributed by atoms with van der Waals surface area (Å²) in [5.41, 5.74) is 0. The van der Waals surface area contributed by atoms with Crippen LogP contribution in [0.3, 0.4) is 0 Å². The van der Waals surface area contributed by atoms with Crippen LogP contribution in [0.25, 0.3) is 0 Å². The summed E-state index contributed by atoms with van der Waals surface area (Å²) in [5, 5.41) is 13.7. The Labute approximate surface area is 270 Å². The molecule has 3 fully saturated rings. The number of hydrogen-bond acceptors (Lipinski definition) is 9. The summed E-state index contributed by atoms with van der Waals surface area (Å²) in [6, 6.07) is 0. The summed E-state index contributed by atoms with van der Waals surface area (Å²) < 4.78 is 29.3. The SMILES string of the molecule is CCCC[C@H](C)C[C@H](/C=C/[C@@H]1[C@@H](CC(=O)CCCCC(=O)NCC(=O)OC)[C@@H](O)C[C@H]1OC1CCCCO1)OC1CCCCO1. The van der Waals surface area contributed by atoms with E-state index in [1.807, 2.05) is 0 Å². The molecule has 0 spiro atoms. The van der Waals surface area contributed by atoms with E-state index in [2.05, 4.69) is 36.1 Å². The average molecular weight is 638 g/mol. The molecule has 1 aliphatic carbocycles. The fourth-order valence-corrected chi connectivity index (χ4v) is 6.62. The Morgan fingerprint density at radius 3 is 2.38 bits per heavy atom. The number of ketones is 1. The largest absolute Gasteiger partial charge is 0.468 e. The van der Waals surface area contributed by atoms with E-state index >= 15 is 0 Å². The molecular formula is C35H59NO9. The van der Waals surface area contributed by atoms with Crippen molar-refractivity contribution in [1.82, 2.24) is 5.32 Å². The van der Waals surface area contributed by atoms with Crippen molar-refractivity contribution in [1.29, 1.82) is 0 Å². The van der Waals surface area contributed by atoms with E-state index in [9.17, 15) is 19.5 Å². The van der Waals surface area contributed by atoms with Gasteiger partial charge in [-0.05, 0) is 63.7 Å². The highest BCUT2D eigenvalue weighted by molar-refractivity contribution is 5.82. The van der Waals surface area contributed by atoms with E-state index in [4.69, 9.17) is 18.9 Å². The molecule has 0 radical (unpaired) electrons. The van der Waals surface area contributed by atoms with Gasteiger partial charge in [0.15, 0.2) is 12.6 Å². The smallest absolute Gasteiger partial charge is 0.325 e. The molecule has 2 heterocycles. The van der Waals surface area contributed by atoms with Crippen molar-refractivity contribution in [3.8, 4) is 0 Å². The maximum atomic E-state index is 13.1. The normalized spacial score (nSPS) is 28.5. The molecular weight excluding hydrogens is 578 g/mol. The van der Waals surface area contributed by atoms with Crippen molar-refractivity contribution >= 4 is 17.7 Å². The quantitative estimate of drug-likeness (QED) is 0.103. The van der Waals surface area contributed by atoms with Gasteiger partial charge in [-0.2, -0.15) is 0 Å². The fraction of sp³-hybridized carbons (Fsp3) is 0.857. The van der Waals surface area contributed by atoms with Crippen molar-refractivity contribution in [3.05, 3.63) is 12.2 Å². The van der Waals surface area contributed by atoms with Crippen molar-refractivity contribution in [2.24, 2.45) is 17.8 Å². The third-order valence-electron chi connectivity index (χ3n) is 9.28. The zero-order valence-corrected chi connectivity index (χ0v) is 27.9. The summed E-state index contributed by atoms with van der Waals surface area (Å²) in [7, 11) is 1.27. The number of nitrogens with one attached hydrogen (secondary N) is 1. The molecule has 45 heavy (non-hydrogen) atoms. The molecule has 0 aromatic rings. The number of aliphatic hydroxyl groups excluding tert-OH is 1. The molecule has 2 unspecified atom stereocenters. The van der Waals surface area contributed by atoms with Gasteiger partial charge in [-0.25, -0.2) is 0 Å². The number of aliphatic hydroxyl groups is 1. The molecule has 3 aliphatic rings. The zero-order valence-electron chi connectivity index (χ0n) is 27.9. The van der Waals surface area contributed by atoms with Crippen LogP contribution in [0.15, 0.2) is 12.2 Å². The first-order valence-electron chi connectivity index (χ1n) is 17.5. The molecule has 10 nitrogen and oxygen atoms in total. The molecule has 1 saturated carbocycles. The maximum absolute atomic E-state index is 13.1. The average Bonchev–Trinajstić information content (AvgIpc) is 3.33. The second-order valence-electron chi connectivity index (χ2n) is 13.2. The van der Waals surface area contributed by atoms with Crippen molar-refractivity contribution in [2.75, 3.05) is 26.9 Å². The van der Waals surface area contributed by atoms with Crippen molar-refractivity contribution in [2.45, 2.75) is 147 Å². The number of amides is 1. The highest BCUT2D eigenvalue weighted by Crippen LogP contribution is 2.40. The van der Waals surface area contributed by atoms with Crippen molar-refractivity contribution < 1.29 is 43.2 Å². The number of ether oxygens (including phenoxy) is 5. The van der Waals surface area contributed by atoms with E-state index < -0.39 is 12.1 Å². The van der Waals surface area contributed by atoms with Crippen LogP contribution < -0.4 is 5.32 Å². The number of Topliss-reactive ketones (excluding diaryl/α,β-unsaturated/α-hetero) is 1. The molecule has 0 aromatic carbocycles. The van der Waals surface area contributed by atoms with Gasteiger partial charge in [0, 0.05) is 50.7 Å². The van der Waals surface area contributed by atoms with Crippen molar-refractivity contribution in [3.63, 3.8) is 0 Å². The molecule has 258 valence electrons. The standard InChI is InChI=1S/C35H59NO9/c1-4-5-12-25(2)21-27(44-34-15-8-10-19-42-34)17-18-28-29(30(38)23-31(28)45-35-16-9-11-20-43-35)22-26(37)13-6-7-14-32(39)36-24-33(40)41-3/h17-18,25,27-31,34-35,38H,4-16,19-24H2,1-3H3,(H,36,39)/b18-17+/t25-,27-,28+,29+,30-,31+,34?,35?/m0/s1. The van der Waals surface area contributed by atoms with E-state index in [1.165, 1.54) is 13.5 Å². The van der Waals surface area contributed by atoms with E-state index in [0.717, 1.165) is 64.4 Å². The van der Waals surface area contributed by atoms with Gasteiger partial charge in [0.2, 0.25) is 5.91 Å². The molecule has 8 atom stereocenters. The molecule has 2 saturated heterocycles. The number of carbonyl (C=O) groups excluding carboxylic acids is 3. The molecule has 0 aromatic heterocycles. The maximum Gasteiger partial charge on any atom is 0.325 e. The summed E-state index contributed by atoms with van der Waals surface area (Å²) >= 11 is 0. The summed E-state index contributed by atoms with van der Waals surface area (Å²) in [4.78, 5) is 36.3. The predicted molar refractivity (Wildman–Crippen MR) is 170 cm³/mol. The Hall–Kier alpha value is -1.85. The van der Waals surface area contributed by atoms with Crippen LogP contribution in [0, 0.1) is 17.8 Å². The van der Waals surface area contributed by atoms with Gasteiger partial charge in [-0.1, -0.05) is 45.3 Å². The van der Waals surface area contributed by atoms with Crippen LogP contribution in [0.4, 0.5) is 0 Å². The van der Waals surface area contributed by atoms with Gasteiger partial charge in [0.05, 0.1) is 25.4 Å². The lowest BCUT2D eigenvalue weighted by atomic mass is 9.87. The number of unbranched alkanes of at least 4 members (excludes halogenated alkanes) is 2. The molecule has 10 heteroatoms. The summed E-state index contributed by atoms with van der Waals surface area (Å²) in [5.74, 6) is -0.592. The number of methoxy groups -OCH3 is 1. The third kappa shape index (κ3) is 14.2. The monoisotopic (exact) mass is 637 g/mol. The highest BCUT2D eigenvalue weighted by Gasteiger charge is 2.44. The van der Waals surface area contributed by atoms with Gasteiger partial charge >= 0.3 is 5.97 Å². The topological polar surface area (TPSA) is 130 Å². The van der Waals surface area contributed by atoms with E-state index in [-0.39, 0.29) is 67.7 Å². The Balaban J connectivity index is 1.64. The molecule has 3 rings (SSSR count). The first kappa shape index (κ1) is 37.6. The van der Waals surface area contributed by atoms with E-state index in [1.54, 1.807) is 0 Å². The minimum absolute atomic E-state index is 0.0681. The van der Waals surface area contributed by atoms with Crippen LogP contribution >= 0.6 is 0 Å². The second-order valence-corrected chi connectivity index (χ2v) is 13.2. The third-order valence-corrected chi connectivity index (χ3v) is 9.28. The molecule has 2 N–H and O–H groups in total. The molecule has 0 bridgehead atoms. The van der Waals surface area contributed by atoms with Gasteiger partial charge in [-0.15, -0.1) is 0 Å². The Morgan fingerprint density at radius 2 is 1.71 bits per heavy atom. The van der Waals surface area contributed by atoms with Gasteiger partial charge < -0.3 is 34.1 Å². The van der Waals surface area contributed by atoms with Crippen LogP contribution in [0.5, 0.6) is 0 Å². The Morgan fingerprint density at radius 1 is 1.00 bits per heavy atom. The Bertz CT molecular complexity index is 900. The number of esters is 1. The number of rotatable bonds is 20. The highest BCUT2D eigenvalue weighted by atomic mass is 16.7. The summed E-state index contributed by atoms with van der Waals surface area (Å²) in [6.45, 7) is 5.73. The zero-order chi connectivity index (χ0) is 32.4. The lowest BCUT2D eigenvalue weighted by Gasteiger charge is -2.30. The van der Waals surface area contributed by atoms with Crippen LogP contribution in [0.2, 0.25) is 0 Å². The number of carbonyl (C=O) groups is 3. The first-order chi connectivity index (χ1) is 21.8. The number of hydrogen-bond donors (Lipinski definition) is 2. The van der Waals surface area contributed by atoms with E-state index in [0.29, 0.717) is 38.2 Å².